The molecule has 1 heterocycles. The minimum absolute atomic E-state index is 0.0122. The smallest absolute Gasteiger partial charge is 0.289 e. The van der Waals surface area contributed by atoms with E-state index in [1.165, 1.54) is 25.1 Å². The van der Waals surface area contributed by atoms with E-state index in [0.29, 0.717) is 6.07 Å². The molecule has 3 aromatic rings. The van der Waals surface area contributed by atoms with Gasteiger partial charge in [-0.2, -0.15) is 18.4 Å². The van der Waals surface area contributed by atoms with Crippen molar-refractivity contribution in [2.75, 3.05) is 11.2 Å². The van der Waals surface area contributed by atoms with E-state index < -0.39 is 27.1 Å². The van der Waals surface area contributed by atoms with Crippen LogP contribution in [0.5, 0.6) is 0 Å². The molecule has 12 heteroatoms. The van der Waals surface area contributed by atoms with Gasteiger partial charge in [-0.25, -0.2) is 18.1 Å². The summed E-state index contributed by atoms with van der Waals surface area (Å²) < 4.78 is 64.8. The topological polar surface area (TPSA) is 105 Å². The van der Waals surface area contributed by atoms with E-state index in [0.717, 1.165) is 17.1 Å². The van der Waals surface area contributed by atoms with Gasteiger partial charge in [0.05, 0.1) is 44.4 Å². The van der Waals surface area contributed by atoms with Crippen LogP contribution in [0.25, 0.3) is 10.9 Å². The van der Waals surface area contributed by atoms with Crippen LogP contribution in [0.2, 0.25) is 0 Å². The van der Waals surface area contributed by atoms with Crippen LogP contribution in [0.1, 0.15) is 18.1 Å². The molecule has 0 fully saturated rings. The maximum Gasteiger partial charge on any atom is 0.416 e. The fourth-order valence-corrected chi connectivity index (χ4v) is 4.27. The third kappa shape index (κ3) is 4.03. The van der Waals surface area contributed by atoms with E-state index in [9.17, 15) is 26.4 Å². The first-order valence-electron chi connectivity index (χ1n) is 8.30. The van der Waals surface area contributed by atoms with Crippen LogP contribution in [-0.2, 0) is 16.0 Å². The lowest BCUT2D eigenvalue weighted by Gasteiger charge is -2.15. The summed E-state index contributed by atoms with van der Waals surface area (Å²) in [6.07, 6.45) is -3.66. The number of aromatic nitrogens is 2. The molecule has 1 aromatic heterocycles. The Labute approximate surface area is 176 Å². The van der Waals surface area contributed by atoms with Crippen LogP contribution in [0.15, 0.2) is 50.8 Å². The molecule has 30 heavy (non-hydrogen) atoms. The molecule has 1 N–H and O–H groups in total. The Hall–Kier alpha value is -2.91. The number of hydrogen-bond donors (Lipinski definition) is 1. The summed E-state index contributed by atoms with van der Waals surface area (Å²) in [5, 5.41) is 8.76. The van der Waals surface area contributed by atoms with Gasteiger partial charge in [-0.1, -0.05) is 6.92 Å². The number of rotatable bonds is 4. The fourth-order valence-electron chi connectivity index (χ4n) is 2.68. The Morgan fingerprint density at radius 3 is 2.57 bits per heavy atom. The van der Waals surface area contributed by atoms with Crippen LogP contribution in [0, 0.1) is 11.3 Å². The molecule has 156 valence electrons. The maximum absolute atomic E-state index is 13.1. The zero-order valence-corrected chi connectivity index (χ0v) is 17.6. The monoisotopic (exact) mass is 500 g/mol. The summed E-state index contributed by atoms with van der Waals surface area (Å²) in [5.74, 6) is -0.236. The molecule has 0 amide bonds. The summed E-state index contributed by atoms with van der Waals surface area (Å²) in [5.41, 5.74) is 0.673. The molecule has 2 aromatic carbocycles. The summed E-state index contributed by atoms with van der Waals surface area (Å²) in [4.78, 5) is 16.6. The quantitative estimate of drug-likeness (QED) is 0.585. The van der Waals surface area contributed by atoms with Crippen molar-refractivity contribution < 1.29 is 21.6 Å². The van der Waals surface area contributed by atoms with Crippen molar-refractivity contribution in [3.8, 4) is 6.07 Å². The summed E-state index contributed by atoms with van der Waals surface area (Å²) >= 11 is 2.99. The van der Waals surface area contributed by atoms with Gasteiger partial charge in [0.15, 0.2) is 9.84 Å². The van der Waals surface area contributed by atoms with E-state index in [2.05, 4.69) is 26.3 Å². The molecule has 0 unspecified atom stereocenters. The zero-order chi connectivity index (χ0) is 22.3. The highest BCUT2D eigenvalue weighted by Crippen LogP contribution is 2.33. The average molecular weight is 501 g/mol. The molecule has 0 spiro atoms. The molecular weight excluding hydrogens is 489 g/mol. The highest BCUT2D eigenvalue weighted by atomic mass is 79.9. The number of sulfone groups is 1. The van der Waals surface area contributed by atoms with E-state index in [1.807, 2.05) is 6.07 Å². The number of nitriles is 1. The first kappa shape index (κ1) is 21.8. The number of halogens is 4. The van der Waals surface area contributed by atoms with Crippen LogP contribution >= 0.6 is 15.9 Å². The second-order valence-corrected chi connectivity index (χ2v) is 9.21. The van der Waals surface area contributed by atoms with Crippen molar-refractivity contribution in [2.24, 2.45) is 0 Å². The average Bonchev–Trinajstić information content (AvgIpc) is 2.69. The molecule has 0 bridgehead atoms. The van der Waals surface area contributed by atoms with E-state index in [1.54, 1.807) is 0 Å². The van der Waals surface area contributed by atoms with Gasteiger partial charge in [0, 0.05) is 4.47 Å². The molecule has 0 radical (unpaired) electrons. The molecule has 0 aliphatic carbocycles. The van der Waals surface area contributed by atoms with Crippen molar-refractivity contribution in [3.63, 3.8) is 0 Å². The van der Waals surface area contributed by atoms with Crippen LogP contribution < -0.4 is 11.0 Å². The molecule has 3 rings (SSSR count). The van der Waals surface area contributed by atoms with Gasteiger partial charge >= 0.3 is 6.18 Å². The highest BCUT2D eigenvalue weighted by molar-refractivity contribution is 9.10. The van der Waals surface area contributed by atoms with Crippen LogP contribution in [0.4, 0.5) is 18.9 Å². The van der Waals surface area contributed by atoms with Crippen molar-refractivity contribution in [1.82, 2.24) is 9.66 Å². The van der Waals surface area contributed by atoms with Gasteiger partial charge in [0.2, 0.25) is 0 Å². The lowest BCUT2D eigenvalue weighted by atomic mass is 10.1. The number of fused-ring (bicyclic) bond motifs is 1. The Bertz CT molecular complexity index is 1360. The molecule has 0 atom stereocenters. The predicted molar refractivity (Wildman–Crippen MR) is 107 cm³/mol. The van der Waals surface area contributed by atoms with Crippen molar-refractivity contribution in [3.05, 3.63) is 62.6 Å². The first-order valence-corrected chi connectivity index (χ1v) is 10.7. The van der Waals surface area contributed by atoms with Crippen LogP contribution in [-0.4, -0.2) is 23.8 Å². The van der Waals surface area contributed by atoms with E-state index in [4.69, 9.17) is 5.26 Å². The Morgan fingerprint density at radius 1 is 1.27 bits per heavy atom. The summed E-state index contributed by atoms with van der Waals surface area (Å²) in [7, 11) is -3.73. The molecule has 7 nitrogen and oxygen atoms in total. The number of nitrogens with one attached hydrogen (secondary N) is 1. The first-order chi connectivity index (χ1) is 14.0. The van der Waals surface area contributed by atoms with Gasteiger partial charge in [-0.05, 0) is 46.3 Å². The van der Waals surface area contributed by atoms with Gasteiger partial charge in [-0.15, -0.1) is 0 Å². The Balaban J connectivity index is 2.21. The number of hydrogen-bond acceptors (Lipinski definition) is 6. The lowest BCUT2D eigenvalue weighted by Crippen LogP contribution is -2.28. The number of benzene rings is 2. The number of alkyl halides is 3. The van der Waals surface area contributed by atoms with Crippen molar-refractivity contribution in [1.29, 1.82) is 5.26 Å². The lowest BCUT2D eigenvalue weighted by molar-refractivity contribution is -0.137. The molecule has 0 saturated carbocycles. The van der Waals surface area contributed by atoms with Crippen LogP contribution in [0.3, 0.4) is 0 Å². The van der Waals surface area contributed by atoms with Gasteiger partial charge < -0.3 is 0 Å². The summed E-state index contributed by atoms with van der Waals surface area (Å²) in [6, 6.07) is 7.09. The normalized spacial score (nSPS) is 12.0. The highest BCUT2D eigenvalue weighted by Gasteiger charge is 2.32. The third-order valence-electron chi connectivity index (χ3n) is 4.21. The largest absolute Gasteiger partial charge is 0.416 e. The third-order valence-corrected chi connectivity index (χ3v) is 6.60. The minimum Gasteiger partial charge on any atom is -0.289 e. The van der Waals surface area contributed by atoms with Gasteiger partial charge in [0.25, 0.3) is 5.56 Å². The van der Waals surface area contributed by atoms with E-state index >= 15 is 0 Å². The molecule has 0 aliphatic rings. The van der Waals surface area contributed by atoms with Crippen molar-refractivity contribution in [2.45, 2.75) is 18.0 Å². The molecular formula is C18H12BrF3N4O3S. The number of anilines is 1. The standard InChI is InChI=1S/C18H12BrF3N4O3S/c1-2-30(28,29)15-4-3-10(8-23)5-14(15)25-26-9-24-16-12(17(26)27)6-11(7-13(16)19)18(20,21)22/h3-7,9,25H,2H2,1H3. The van der Waals surface area contributed by atoms with Gasteiger partial charge in [0.1, 0.15) is 6.33 Å². The fraction of sp³-hybridized carbons (Fsp3) is 0.167. The SMILES string of the molecule is CCS(=O)(=O)c1ccc(C#N)cc1Nn1cnc2c(Br)cc(C(F)(F)F)cc2c1=O. The molecule has 0 aliphatic heterocycles. The second kappa shape index (κ2) is 7.73. The number of nitrogens with zero attached hydrogens (tertiary/aromatic N) is 3. The van der Waals surface area contributed by atoms with Gasteiger partial charge in [-0.3, -0.25) is 10.2 Å². The molecule has 0 saturated heterocycles. The zero-order valence-electron chi connectivity index (χ0n) is 15.2. The minimum atomic E-state index is -4.68. The van der Waals surface area contributed by atoms with Crippen molar-refractivity contribution >= 4 is 42.4 Å². The van der Waals surface area contributed by atoms with E-state index in [-0.39, 0.29) is 37.3 Å². The second-order valence-electron chi connectivity index (χ2n) is 6.11. The Morgan fingerprint density at radius 2 is 1.97 bits per heavy atom. The Kier molecular flexibility index (Phi) is 5.62. The maximum atomic E-state index is 13.1. The summed E-state index contributed by atoms with van der Waals surface area (Å²) in [6.45, 7) is 1.43. The predicted octanol–water partition coefficient (Wildman–Crippen LogP) is 3.72.